The molecule has 0 aliphatic rings. The number of benzene rings is 1. The quantitative estimate of drug-likeness (QED) is 0.723. The molecule has 19 heavy (non-hydrogen) atoms. The predicted molar refractivity (Wildman–Crippen MR) is 77.4 cm³/mol. The largest absolute Gasteiger partial charge is 0.326 e. The standard InChI is InChI=1S/C13H23N3O2S/c1-11-5-6-13(9-12(11)10-14)19(17,18)15-7-4-8-16(2)3/h5-6,9,15H,4,7-8,10,14H2,1-3H3. The zero-order chi connectivity index (χ0) is 14.5. The van der Waals surface area contributed by atoms with Gasteiger partial charge in [-0.3, -0.25) is 0 Å². The molecule has 0 aromatic heterocycles. The fourth-order valence-corrected chi connectivity index (χ4v) is 2.84. The van der Waals surface area contributed by atoms with E-state index in [4.69, 9.17) is 5.73 Å². The Kier molecular flexibility index (Phi) is 5.93. The van der Waals surface area contributed by atoms with Crippen molar-refractivity contribution in [3.63, 3.8) is 0 Å². The SMILES string of the molecule is Cc1ccc(S(=O)(=O)NCCCN(C)C)cc1CN. The molecule has 0 saturated carbocycles. The summed E-state index contributed by atoms with van der Waals surface area (Å²) in [6.45, 7) is 3.55. The molecule has 0 radical (unpaired) electrons. The summed E-state index contributed by atoms with van der Waals surface area (Å²) in [6, 6.07) is 5.04. The molecule has 0 fully saturated rings. The normalized spacial score (nSPS) is 12.1. The van der Waals surface area contributed by atoms with Gasteiger partial charge in [0, 0.05) is 13.1 Å². The number of nitrogens with two attached hydrogens (primary N) is 1. The molecule has 6 heteroatoms. The van der Waals surface area contributed by atoms with E-state index in [1.165, 1.54) is 0 Å². The van der Waals surface area contributed by atoms with Crippen molar-refractivity contribution in [1.29, 1.82) is 0 Å². The van der Waals surface area contributed by atoms with Crippen LogP contribution in [-0.4, -0.2) is 40.5 Å². The Hall–Kier alpha value is -0.950. The number of hydrogen-bond acceptors (Lipinski definition) is 4. The van der Waals surface area contributed by atoms with Crippen LogP contribution in [0.3, 0.4) is 0 Å². The number of aryl methyl sites for hydroxylation is 1. The van der Waals surface area contributed by atoms with Crippen molar-refractivity contribution in [2.24, 2.45) is 5.73 Å². The van der Waals surface area contributed by atoms with Crippen LogP contribution in [0.4, 0.5) is 0 Å². The minimum absolute atomic E-state index is 0.281. The molecule has 3 N–H and O–H groups in total. The molecule has 5 nitrogen and oxygen atoms in total. The molecule has 1 aromatic rings. The molecule has 1 aromatic carbocycles. The maximum Gasteiger partial charge on any atom is 0.240 e. The summed E-state index contributed by atoms with van der Waals surface area (Å²) in [6.07, 6.45) is 0.780. The molecule has 108 valence electrons. The molecule has 0 bridgehead atoms. The first-order valence-electron chi connectivity index (χ1n) is 6.31. The lowest BCUT2D eigenvalue weighted by Gasteiger charge is -2.11. The first-order valence-corrected chi connectivity index (χ1v) is 7.79. The Bertz CT molecular complexity index is 513. The number of nitrogens with one attached hydrogen (secondary N) is 1. The van der Waals surface area contributed by atoms with Crippen molar-refractivity contribution in [3.05, 3.63) is 29.3 Å². The van der Waals surface area contributed by atoms with Gasteiger partial charge in [-0.15, -0.1) is 0 Å². The lowest BCUT2D eigenvalue weighted by Crippen LogP contribution is -2.27. The van der Waals surface area contributed by atoms with Crippen LogP contribution in [0.1, 0.15) is 17.5 Å². The maximum absolute atomic E-state index is 12.1. The number of hydrogen-bond donors (Lipinski definition) is 2. The van der Waals surface area contributed by atoms with E-state index in [-0.39, 0.29) is 4.90 Å². The molecule has 0 heterocycles. The Balaban J connectivity index is 2.72. The number of nitrogens with zero attached hydrogens (tertiary/aromatic N) is 1. The van der Waals surface area contributed by atoms with E-state index in [0.717, 1.165) is 24.1 Å². The molecule has 0 amide bonds. The predicted octanol–water partition coefficient (Wildman–Crippen LogP) is 0.684. The van der Waals surface area contributed by atoms with Crippen molar-refractivity contribution in [3.8, 4) is 0 Å². The first-order chi connectivity index (χ1) is 8.86. The smallest absolute Gasteiger partial charge is 0.240 e. The highest BCUT2D eigenvalue weighted by molar-refractivity contribution is 7.89. The summed E-state index contributed by atoms with van der Waals surface area (Å²) in [7, 11) is 0.489. The molecule has 0 aliphatic carbocycles. The van der Waals surface area contributed by atoms with Crippen LogP contribution < -0.4 is 10.5 Å². The summed E-state index contributed by atoms with van der Waals surface area (Å²) in [4.78, 5) is 2.30. The highest BCUT2D eigenvalue weighted by atomic mass is 32.2. The van der Waals surface area contributed by atoms with E-state index >= 15 is 0 Å². The van der Waals surface area contributed by atoms with Gasteiger partial charge in [0.15, 0.2) is 0 Å². The highest BCUT2D eigenvalue weighted by Crippen LogP contribution is 2.15. The van der Waals surface area contributed by atoms with E-state index in [1.54, 1.807) is 18.2 Å². The lowest BCUT2D eigenvalue weighted by molar-refractivity contribution is 0.400. The average Bonchev–Trinajstić information content (AvgIpc) is 2.35. The minimum atomic E-state index is -3.43. The molecule has 0 saturated heterocycles. The Morgan fingerprint density at radius 1 is 1.32 bits per heavy atom. The highest BCUT2D eigenvalue weighted by Gasteiger charge is 2.14. The number of rotatable bonds is 7. The molecular formula is C13H23N3O2S. The van der Waals surface area contributed by atoms with Crippen LogP contribution in [0.5, 0.6) is 0 Å². The third-order valence-electron chi connectivity index (χ3n) is 2.92. The second kappa shape index (κ2) is 7.00. The van der Waals surface area contributed by atoms with E-state index in [1.807, 2.05) is 25.9 Å². The summed E-state index contributed by atoms with van der Waals surface area (Å²) in [5, 5.41) is 0. The van der Waals surface area contributed by atoms with Crippen LogP contribution in [0.25, 0.3) is 0 Å². The topological polar surface area (TPSA) is 75.4 Å². The second-order valence-electron chi connectivity index (χ2n) is 4.85. The molecular weight excluding hydrogens is 262 g/mol. The monoisotopic (exact) mass is 285 g/mol. The Morgan fingerprint density at radius 3 is 2.58 bits per heavy atom. The van der Waals surface area contributed by atoms with Gasteiger partial charge in [-0.2, -0.15) is 0 Å². The van der Waals surface area contributed by atoms with E-state index in [9.17, 15) is 8.42 Å². The van der Waals surface area contributed by atoms with Gasteiger partial charge in [-0.05, 0) is 57.2 Å². The van der Waals surface area contributed by atoms with Gasteiger partial charge >= 0.3 is 0 Å². The van der Waals surface area contributed by atoms with Crippen molar-refractivity contribution >= 4 is 10.0 Å². The van der Waals surface area contributed by atoms with E-state index in [0.29, 0.717) is 13.1 Å². The maximum atomic E-state index is 12.1. The van der Waals surface area contributed by atoms with Gasteiger partial charge in [-0.25, -0.2) is 13.1 Å². The Labute approximate surface area is 115 Å². The van der Waals surface area contributed by atoms with Gasteiger partial charge in [0.05, 0.1) is 4.90 Å². The van der Waals surface area contributed by atoms with E-state index in [2.05, 4.69) is 4.72 Å². The molecule has 0 unspecified atom stereocenters. The lowest BCUT2D eigenvalue weighted by atomic mass is 10.1. The third kappa shape index (κ3) is 4.91. The molecule has 0 aliphatic heterocycles. The van der Waals surface area contributed by atoms with Crippen molar-refractivity contribution in [2.75, 3.05) is 27.2 Å². The van der Waals surface area contributed by atoms with Gasteiger partial charge in [-0.1, -0.05) is 6.07 Å². The van der Waals surface area contributed by atoms with E-state index < -0.39 is 10.0 Å². The average molecular weight is 285 g/mol. The van der Waals surface area contributed by atoms with Gasteiger partial charge < -0.3 is 10.6 Å². The van der Waals surface area contributed by atoms with Crippen LogP contribution in [0, 0.1) is 6.92 Å². The van der Waals surface area contributed by atoms with Gasteiger partial charge in [0.1, 0.15) is 0 Å². The van der Waals surface area contributed by atoms with Gasteiger partial charge in [0.25, 0.3) is 0 Å². The Morgan fingerprint density at radius 2 is 2.00 bits per heavy atom. The third-order valence-corrected chi connectivity index (χ3v) is 4.38. The molecule has 0 spiro atoms. The van der Waals surface area contributed by atoms with Crippen LogP contribution in [0.2, 0.25) is 0 Å². The van der Waals surface area contributed by atoms with Crippen molar-refractivity contribution < 1.29 is 8.42 Å². The fraction of sp³-hybridized carbons (Fsp3) is 0.538. The van der Waals surface area contributed by atoms with Crippen LogP contribution in [0.15, 0.2) is 23.1 Å². The summed E-state index contributed by atoms with van der Waals surface area (Å²) in [5.41, 5.74) is 7.46. The van der Waals surface area contributed by atoms with Crippen LogP contribution in [-0.2, 0) is 16.6 Å². The summed E-state index contributed by atoms with van der Waals surface area (Å²) >= 11 is 0. The first kappa shape index (κ1) is 16.1. The van der Waals surface area contributed by atoms with Crippen molar-refractivity contribution in [2.45, 2.75) is 24.8 Å². The summed E-state index contributed by atoms with van der Waals surface area (Å²) < 4.78 is 26.8. The fourth-order valence-electron chi connectivity index (χ4n) is 1.72. The van der Waals surface area contributed by atoms with Gasteiger partial charge in [0.2, 0.25) is 10.0 Å². The van der Waals surface area contributed by atoms with Crippen LogP contribution >= 0.6 is 0 Å². The second-order valence-corrected chi connectivity index (χ2v) is 6.61. The molecule has 1 rings (SSSR count). The zero-order valence-electron chi connectivity index (χ0n) is 11.8. The van der Waals surface area contributed by atoms with Crippen molar-refractivity contribution in [1.82, 2.24) is 9.62 Å². The zero-order valence-corrected chi connectivity index (χ0v) is 12.6. The summed E-state index contributed by atoms with van der Waals surface area (Å²) in [5.74, 6) is 0. The number of sulfonamides is 1. The minimum Gasteiger partial charge on any atom is -0.326 e. The molecule has 0 atom stereocenters.